The number of hydrogen-bond acceptors (Lipinski definition) is 4. The van der Waals surface area contributed by atoms with E-state index in [4.69, 9.17) is 0 Å². The van der Waals surface area contributed by atoms with Gasteiger partial charge in [0.2, 0.25) is 5.88 Å². The zero-order valence-corrected chi connectivity index (χ0v) is 11.1. The van der Waals surface area contributed by atoms with E-state index in [0.29, 0.717) is 28.9 Å². The number of aromatic hydroxyl groups is 2. The highest BCUT2D eigenvalue weighted by molar-refractivity contribution is 5.61. The van der Waals surface area contributed by atoms with Crippen LogP contribution in [0.2, 0.25) is 0 Å². The van der Waals surface area contributed by atoms with Crippen LogP contribution in [0.15, 0.2) is 16.9 Å². The third kappa shape index (κ3) is 2.31. The fourth-order valence-electron chi connectivity index (χ4n) is 2.03. The number of nitrogens with zero attached hydrogens (tertiary/aromatic N) is 1. The predicted octanol–water partition coefficient (Wildman–Crippen LogP) is 2.03. The number of phenolic OH excluding ortho intramolecular Hbond substituents is 1. The molecule has 0 spiro atoms. The summed E-state index contributed by atoms with van der Waals surface area (Å²) in [7, 11) is 0. The van der Waals surface area contributed by atoms with E-state index in [1.807, 2.05) is 0 Å². The Morgan fingerprint density at radius 3 is 2.26 bits per heavy atom. The lowest BCUT2D eigenvalue weighted by atomic mass is 10.1. The first-order valence-corrected chi connectivity index (χ1v) is 6.06. The SMILES string of the molecule is CCc1c(O)nc(-c2cc(C)c(O)c(C)c2)[nH]c1=O. The number of aromatic amines is 1. The van der Waals surface area contributed by atoms with Crippen LogP contribution in [0.5, 0.6) is 11.6 Å². The molecule has 0 amide bonds. The molecule has 0 unspecified atom stereocenters. The molecule has 0 bridgehead atoms. The maximum Gasteiger partial charge on any atom is 0.258 e. The highest BCUT2D eigenvalue weighted by Crippen LogP contribution is 2.27. The monoisotopic (exact) mass is 260 g/mol. The van der Waals surface area contributed by atoms with Crippen molar-refractivity contribution < 1.29 is 10.2 Å². The number of H-pyrrole nitrogens is 1. The van der Waals surface area contributed by atoms with Gasteiger partial charge in [0.1, 0.15) is 11.6 Å². The van der Waals surface area contributed by atoms with E-state index >= 15 is 0 Å². The number of aryl methyl sites for hydroxylation is 2. The summed E-state index contributed by atoms with van der Waals surface area (Å²) in [4.78, 5) is 18.5. The van der Waals surface area contributed by atoms with E-state index in [-0.39, 0.29) is 22.8 Å². The summed E-state index contributed by atoms with van der Waals surface area (Å²) in [6.07, 6.45) is 0.419. The Labute approximate surface area is 110 Å². The van der Waals surface area contributed by atoms with Gasteiger partial charge in [-0.1, -0.05) is 6.92 Å². The molecular formula is C14H16N2O3. The van der Waals surface area contributed by atoms with Crippen molar-refractivity contribution in [2.24, 2.45) is 0 Å². The van der Waals surface area contributed by atoms with Crippen LogP contribution in [-0.4, -0.2) is 20.2 Å². The van der Waals surface area contributed by atoms with Crippen LogP contribution in [0, 0.1) is 13.8 Å². The number of nitrogens with one attached hydrogen (secondary N) is 1. The number of aromatic nitrogens is 2. The van der Waals surface area contributed by atoms with Crippen LogP contribution in [0.4, 0.5) is 0 Å². The standard InChI is InChI=1S/C14H16N2O3/c1-4-10-13(18)15-12(16-14(10)19)9-5-7(2)11(17)8(3)6-9/h5-6,17H,4H2,1-3H3,(H2,15,16,18,19). The number of hydrogen-bond donors (Lipinski definition) is 3. The van der Waals surface area contributed by atoms with Crippen LogP contribution in [-0.2, 0) is 6.42 Å². The summed E-state index contributed by atoms with van der Waals surface area (Å²) in [6.45, 7) is 5.31. The van der Waals surface area contributed by atoms with E-state index < -0.39 is 0 Å². The molecule has 5 heteroatoms. The highest BCUT2D eigenvalue weighted by Gasteiger charge is 2.12. The van der Waals surface area contributed by atoms with E-state index in [9.17, 15) is 15.0 Å². The Bertz CT molecular complexity index is 667. The lowest BCUT2D eigenvalue weighted by molar-refractivity contribution is 0.444. The van der Waals surface area contributed by atoms with Crippen molar-refractivity contribution >= 4 is 0 Å². The zero-order valence-electron chi connectivity index (χ0n) is 11.1. The molecule has 0 aliphatic rings. The minimum Gasteiger partial charge on any atom is -0.507 e. The first-order valence-electron chi connectivity index (χ1n) is 6.06. The minimum atomic E-state index is -0.339. The van der Waals surface area contributed by atoms with Crippen LogP contribution in [0.25, 0.3) is 11.4 Å². The summed E-state index contributed by atoms with van der Waals surface area (Å²) >= 11 is 0. The quantitative estimate of drug-likeness (QED) is 0.771. The van der Waals surface area contributed by atoms with Gasteiger partial charge in [-0.3, -0.25) is 4.79 Å². The molecule has 3 N–H and O–H groups in total. The molecule has 0 radical (unpaired) electrons. The van der Waals surface area contributed by atoms with Gasteiger partial charge in [-0.25, -0.2) is 0 Å². The first kappa shape index (κ1) is 13.1. The smallest absolute Gasteiger partial charge is 0.258 e. The van der Waals surface area contributed by atoms with Crippen molar-refractivity contribution in [1.82, 2.24) is 9.97 Å². The van der Waals surface area contributed by atoms with E-state index in [1.54, 1.807) is 32.9 Å². The van der Waals surface area contributed by atoms with Crippen LogP contribution < -0.4 is 5.56 Å². The van der Waals surface area contributed by atoms with Gasteiger partial charge in [-0.15, -0.1) is 0 Å². The van der Waals surface area contributed by atoms with Crippen molar-refractivity contribution in [3.05, 3.63) is 39.2 Å². The maximum atomic E-state index is 11.8. The van der Waals surface area contributed by atoms with Crippen LogP contribution >= 0.6 is 0 Å². The molecule has 0 aliphatic carbocycles. The minimum absolute atomic E-state index is 0.223. The largest absolute Gasteiger partial charge is 0.507 e. The third-order valence-electron chi connectivity index (χ3n) is 3.11. The van der Waals surface area contributed by atoms with Crippen molar-refractivity contribution in [2.45, 2.75) is 27.2 Å². The fraction of sp³-hybridized carbons (Fsp3) is 0.286. The molecule has 100 valence electrons. The van der Waals surface area contributed by atoms with E-state index in [2.05, 4.69) is 9.97 Å². The molecule has 0 saturated carbocycles. The molecule has 1 aromatic carbocycles. The van der Waals surface area contributed by atoms with Gasteiger partial charge in [0.05, 0.1) is 5.56 Å². The third-order valence-corrected chi connectivity index (χ3v) is 3.11. The molecule has 2 rings (SSSR count). The molecular weight excluding hydrogens is 244 g/mol. The van der Waals surface area contributed by atoms with Gasteiger partial charge in [0.15, 0.2) is 0 Å². The first-order chi connectivity index (χ1) is 8.93. The zero-order chi connectivity index (χ0) is 14.2. The molecule has 1 aromatic heterocycles. The van der Waals surface area contributed by atoms with Crippen LogP contribution in [0.3, 0.4) is 0 Å². The Balaban J connectivity index is 2.63. The Morgan fingerprint density at radius 2 is 1.79 bits per heavy atom. The predicted molar refractivity (Wildman–Crippen MR) is 72.5 cm³/mol. The second kappa shape index (κ2) is 4.76. The van der Waals surface area contributed by atoms with Crippen LogP contribution in [0.1, 0.15) is 23.6 Å². The second-order valence-corrected chi connectivity index (χ2v) is 4.53. The van der Waals surface area contributed by atoms with Gasteiger partial charge in [-0.2, -0.15) is 4.98 Å². The number of phenols is 1. The highest BCUT2D eigenvalue weighted by atomic mass is 16.3. The average Bonchev–Trinajstić information content (AvgIpc) is 2.35. The molecule has 0 aliphatic heterocycles. The molecule has 5 nitrogen and oxygen atoms in total. The Hall–Kier alpha value is -2.30. The summed E-state index contributed by atoms with van der Waals surface area (Å²) in [5, 5.41) is 19.5. The average molecular weight is 260 g/mol. The van der Waals surface area contributed by atoms with Crippen molar-refractivity contribution in [3.8, 4) is 23.0 Å². The van der Waals surface area contributed by atoms with Crippen molar-refractivity contribution in [3.63, 3.8) is 0 Å². The van der Waals surface area contributed by atoms with E-state index in [1.165, 1.54) is 0 Å². The Morgan fingerprint density at radius 1 is 1.21 bits per heavy atom. The Kier molecular flexibility index (Phi) is 3.29. The van der Waals surface area contributed by atoms with Gasteiger partial charge < -0.3 is 15.2 Å². The number of benzene rings is 1. The van der Waals surface area contributed by atoms with Gasteiger partial charge in [-0.05, 0) is 43.5 Å². The molecule has 0 atom stereocenters. The van der Waals surface area contributed by atoms with Gasteiger partial charge in [0, 0.05) is 5.56 Å². The molecule has 2 aromatic rings. The van der Waals surface area contributed by atoms with Gasteiger partial charge >= 0.3 is 0 Å². The molecule has 0 saturated heterocycles. The molecule has 1 heterocycles. The number of rotatable bonds is 2. The lowest BCUT2D eigenvalue weighted by Crippen LogP contribution is -2.14. The summed E-state index contributed by atoms with van der Waals surface area (Å²) in [5.74, 6) is 0.274. The molecule has 19 heavy (non-hydrogen) atoms. The fourth-order valence-corrected chi connectivity index (χ4v) is 2.03. The van der Waals surface area contributed by atoms with Gasteiger partial charge in [0.25, 0.3) is 5.56 Å². The second-order valence-electron chi connectivity index (χ2n) is 4.53. The molecule has 0 fully saturated rings. The van der Waals surface area contributed by atoms with Crippen molar-refractivity contribution in [1.29, 1.82) is 0 Å². The normalized spacial score (nSPS) is 10.7. The summed E-state index contributed by atoms with van der Waals surface area (Å²) < 4.78 is 0. The summed E-state index contributed by atoms with van der Waals surface area (Å²) in [5.41, 5.74) is 1.97. The van der Waals surface area contributed by atoms with E-state index in [0.717, 1.165) is 0 Å². The van der Waals surface area contributed by atoms with Crippen molar-refractivity contribution in [2.75, 3.05) is 0 Å². The maximum absolute atomic E-state index is 11.8. The summed E-state index contributed by atoms with van der Waals surface area (Å²) in [6, 6.07) is 3.43. The topological polar surface area (TPSA) is 86.2 Å². The lowest BCUT2D eigenvalue weighted by Gasteiger charge is -2.08.